The van der Waals surface area contributed by atoms with E-state index in [0.29, 0.717) is 11.0 Å². The Morgan fingerprint density at radius 1 is 1.39 bits per heavy atom. The average molecular weight is 278 g/mol. The van der Waals surface area contributed by atoms with E-state index in [1.807, 2.05) is 28.8 Å². The minimum absolute atomic E-state index is 0.161. The Labute approximate surface area is 114 Å². The van der Waals surface area contributed by atoms with E-state index in [1.165, 1.54) is 4.88 Å². The van der Waals surface area contributed by atoms with Gasteiger partial charge in [0, 0.05) is 9.90 Å². The molecule has 2 N–H and O–H groups in total. The van der Waals surface area contributed by atoms with Crippen LogP contribution in [0.3, 0.4) is 0 Å². The normalized spacial score (nSPS) is 13.0. The summed E-state index contributed by atoms with van der Waals surface area (Å²) in [6.45, 7) is 2.12. The van der Waals surface area contributed by atoms with E-state index in [9.17, 15) is 0 Å². The molecule has 0 amide bonds. The fraction of sp³-hybridized carbons (Fsp3) is 0.154. The molecule has 2 heterocycles. The lowest BCUT2D eigenvalue weighted by atomic mass is 10.2. The van der Waals surface area contributed by atoms with Gasteiger partial charge in [0.25, 0.3) is 0 Å². The fourth-order valence-electron chi connectivity index (χ4n) is 2.15. The van der Waals surface area contributed by atoms with Crippen LogP contribution in [0.15, 0.2) is 35.7 Å². The van der Waals surface area contributed by atoms with Crippen LogP contribution in [0.5, 0.6) is 0 Å². The molecule has 0 radical (unpaired) electrons. The molecule has 0 fully saturated rings. The summed E-state index contributed by atoms with van der Waals surface area (Å²) >= 11 is 7.76. The Kier molecular flexibility index (Phi) is 2.76. The highest BCUT2D eigenvalue weighted by molar-refractivity contribution is 7.10. The van der Waals surface area contributed by atoms with Gasteiger partial charge in [-0.3, -0.25) is 0 Å². The number of benzene rings is 1. The van der Waals surface area contributed by atoms with Gasteiger partial charge in [-0.15, -0.1) is 11.3 Å². The van der Waals surface area contributed by atoms with Gasteiger partial charge in [-0.25, -0.2) is 4.98 Å². The van der Waals surface area contributed by atoms with E-state index < -0.39 is 0 Å². The number of imidazole rings is 1. The van der Waals surface area contributed by atoms with Gasteiger partial charge < -0.3 is 10.3 Å². The van der Waals surface area contributed by atoms with Crippen LogP contribution in [0.25, 0.3) is 11.0 Å². The average Bonchev–Trinajstić information content (AvgIpc) is 2.94. The van der Waals surface area contributed by atoms with Gasteiger partial charge in [-0.05, 0) is 36.6 Å². The van der Waals surface area contributed by atoms with Gasteiger partial charge in [-0.2, -0.15) is 0 Å². The van der Waals surface area contributed by atoms with Crippen molar-refractivity contribution >= 4 is 39.9 Å². The number of nitrogens with two attached hydrogens (primary N) is 1. The summed E-state index contributed by atoms with van der Waals surface area (Å²) in [5.74, 6) is 0.521. The lowest BCUT2D eigenvalue weighted by molar-refractivity contribution is 0.680. The molecule has 0 saturated carbocycles. The number of thiophene rings is 1. The predicted octanol–water partition coefficient (Wildman–Crippen LogP) is 3.94. The van der Waals surface area contributed by atoms with E-state index in [2.05, 4.69) is 23.4 Å². The molecule has 92 valence electrons. The summed E-state index contributed by atoms with van der Waals surface area (Å²) in [6.07, 6.45) is 0. The number of aromatic nitrogens is 2. The summed E-state index contributed by atoms with van der Waals surface area (Å²) in [7, 11) is 0. The van der Waals surface area contributed by atoms with Gasteiger partial charge in [0.1, 0.15) is 0 Å². The van der Waals surface area contributed by atoms with Crippen molar-refractivity contribution in [2.45, 2.75) is 13.0 Å². The highest BCUT2D eigenvalue weighted by atomic mass is 35.5. The lowest BCUT2D eigenvalue weighted by Crippen LogP contribution is -2.08. The maximum atomic E-state index is 6.05. The Bertz CT molecular complexity index is 688. The van der Waals surface area contributed by atoms with Crippen molar-refractivity contribution in [1.29, 1.82) is 0 Å². The zero-order valence-corrected chi connectivity index (χ0v) is 11.4. The Morgan fingerprint density at radius 2 is 2.22 bits per heavy atom. The van der Waals surface area contributed by atoms with Crippen molar-refractivity contribution in [1.82, 2.24) is 9.55 Å². The standard InChI is InChI=1S/C13H12ClN3S/c1-8(12-3-2-6-18-12)17-11-7-9(14)4-5-10(11)16-13(17)15/h2-8H,1H3,(H2,15,16). The zero-order chi connectivity index (χ0) is 12.7. The van der Waals surface area contributed by atoms with Crippen LogP contribution in [-0.4, -0.2) is 9.55 Å². The summed E-state index contributed by atoms with van der Waals surface area (Å²) in [5.41, 5.74) is 7.87. The van der Waals surface area contributed by atoms with Crippen LogP contribution in [0, 0.1) is 0 Å². The first-order chi connectivity index (χ1) is 8.66. The molecule has 0 aliphatic rings. The molecular formula is C13H12ClN3S. The second-order valence-corrected chi connectivity index (χ2v) is 5.58. The Morgan fingerprint density at radius 3 is 2.94 bits per heavy atom. The molecule has 1 atom stereocenters. The Balaban J connectivity index is 2.22. The minimum atomic E-state index is 0.161. The van der Waals surface area contributed by atoms with E-state index in [1.54, 1.807) is 11.3 Å². The predicted molar refractivity (Wildman–Crippen MR) is 77.3 cm³/mol. The fourth-order valence-corrected chi connectivity index (χ4v) is 3.09. The van der Waals surface area contributed by atoms with Crippen LogP contribution < -0.4 is 5.73 Å². The first-order valence-corrected chi connectivity index (χ1v) is 6.89. The molecular weight excluding hydrogens is 266 g/mol. The highest BCUT2D eigenvalue weighted by Crippen LogP contribution is 2.30. The van der Waals surface area contributed by atoms with Gasteiger partial charge in [0.2, 0.25) is 5.95 Å². The van der Waals surface area contributed by atoms with Crippen molar-refractivity contribution in [3.8, 4) is 0 Å². The number of fused-ring (bicyclic) bond motifs is 1. The topological polar surface area (TPSA) is 43.8 Å². The van der Waals surface area contributed by atoms with E-state index in [-0.39, 0.29) is 6.04 Å². The maximum absolute atomic E-state index is 6.05. The second kappa shape index (κ2) is 4.30. The van der Waals surface area contributed by atoms with Crippen molar-refractivity contribution in [2.24, 2.45) is 0 Å². The molecule has 3 rings (SSSR count). The number of hydrogen-bond acceptors (Lipinski definition) is 3. The third-order valence-electron chi connectivity index (χ3n) is 3.02. The van der Waals surface area contributed by atoms with E-state index in [0.717, 1.165) is 11.0 Å². The molecule has 1 aromatic carbocycles. The Hall–Kier alpha value is -1.52. The minimum Gasteiger partial charge on any atom is -0.369 e. The van der Waals surface area contributed by atoms with Crippen molar-refractivity contribution in [3.05, 3.63) is 45.6 Å². The van der Waals surface area contributed by atoms with E-state index in [4.69, 9.17) is 17.3 Å². The molecule has 0 spiro atoms. The first-order valence-electron chi connectivity index (χ1n) is 5.63. The SMILES string of the molecule is CC(c1cccs1)n1c(N)nc2ccc(Cl)cc21. The van der Waals surface area contributed by atoms with Gasteiger partial charge in [0.15, 0.2) is 0 Å². The number of nitrogen functional groups attached to an aromatic ring is 1. The zero-order valence-electron chi connectivity index (χ0n) is 9.80. The van der Waals surface area contributed by atoms with Crippen LogP contribution in [0.4, 0.5) is 5.95 Å². The molecule has 3 nitrogen and oxygen atoms in total. The molecule has 0 aliphatic heterocycles. The number of rotatable bonds is 2. The maximum Gasteiger partial charge on any atom is 0.201 e. The molecule has 2 aromatic heterocycles. The highest BCUT2D eigenvalue weighted by Gasteiger charge is 2.16. The lowest BCUT2D eigenvalue weighted by Gasteiger charge is -2.14. The molecule has 0 saturated heterocycles. The third-order valence-corrected chi connectivity index (χ3v) is 4.30. The van der Waals surface area contributed by atoms with Gasteiger partial charge >= 0.3 is 0 Å². The summed E-state index contributed by atoms with van der Waals surface area (Å²) in [5, 5.41) is 2.76. The largest absolute Gasteiger partial charge is 0.369 e. The first kappa shape index (κ1) is 11.6. The van der Waals surface area contributed by atoms with Gasteiger partial charge in [-0.1, -0.05) is 17.7 Å². The number of halogens is 1. The quantitative estimate of drug-likeness (QED) is 0.771. The summed E-state index contributed by atoms with van der Waals surface area (Å²) in [6, 6.07) is 9.93. The molecule has 1 unspecified atom stereocenters. The van der Waals surface area contributed by atoms with E-state index >= 15 is 0 Å². The number of hydrogen-bond donors (Lipinski definition) is 1. The van der Waals surface area contributed by atoms with Gasteiger partial charge in [0.05, 0.1) is 17.1 Å². The number of nitrogens with zero attached hydrogens (tertiary/aromatic N) is 2. The van der Waals surface area contributed by atoms with Crippen molar-refractivity contribution in [2.75, 3.05) is 5.73 Å². The van der Waals surface area contributed by atoms with Crippen LogP contribution >= 0.6 is 22.9 Å². The summed E-state index contributed by atoms with van der Waals surface area (Å²) in [4.78, 5) is 5.62. The monoisotopic (exact) mass is 277 g/mol. The second-order valence-electron chi connectivity index (χ2n) is 4.16. The number of anilines is 1. The molecule has 18 heavy (non-hydrogen) atoms. The van der Waals surface area contributed by atoms with Crippen LogP contribution in [0.1, 0.15) is 17.8 Å². The van der Waals surface area contributed by atoms with Crippen LogP contribution in [0.2, 0.25) is 5.02 Å². The van der Waals surface area contributed by atoms with Crippen molar-refractivity contribution < 1.29 is 0 Å². The summed E-state index contributed by atoms with van der Waals surface area (Å²) < 4.78 is 2.02. The molecule has 5 heteroatoms. The molecule has 3 aromatic rings. The third kappa shape index (κ3) is 1.78. The van der Waals surface area contributed by atoms with Crippen LogP contribution in [-0.2, 0) is 0 Å². The van der Waals surface area contributed by atoms with Crippen molar-refractivity contribution in [3.63, 3.8) is 0 Å². The molecule has 0 aliphatic carbocycles. The smallest absolute Gasteiger partial charge is 0.201 e. The molecule has 0 bridgehead atoms.